The Hall–Kier alpha value is -2.14. The van der Waals surface area contributed by atoms with Crippen molar-refractivity contribution in [2.24, 2.45) is 0 Å². The first kappa shape index (κ1) is 15.7. The minimum absolute atomic E-state index is 0.122. The Kier molecular flexibility index (Phi) is 4.76. The number of halogens is 1. The van der Waals surface area contributed by atoms with Gasteiger partial charge in [-0.1, -0.05) is 0 Å². The Morgan fingerprint density at radius 3 is 2.78 bits per heavy atom. The molecule has 3 rings (SSSR count). The lowest BCUT2D eigenvalue weighted by Crippen LogP contribution is -2.35. The van der Waals surface area contributed by atoms with Crippen LogP contribution < -0.4 is 0 Å². The van der Waals surface area contributed by atoms with Crippen molar-refractivity contribution in [2.45, 2.75) is 31.7 Å². The lowest BCUT2D eigenvalue weighted by atomic mass is 10.1. The van der Waals surface area contributed by atoms with Gasteiger partial charge in [0.15, 0.2) is 0 Å². The Bertz CT molecular complexity index is 670. The quantitative estimate of drug-likeness (QED) is 0.922. The van der Waals surface area contributed by atoms with E-state index in [4.69, 9.17) is 5.11 Å². The van der Waals surface area contributed by atoms with Gasteiger partial charge in [-0.05, 0) is 56.0 Å². The molecule has 23 heavy (non-hydrogen) atoms. The molecular formula is C18H21FN2O2. The first-order chi connectivity index (χ1) is 11.2. The molecule has 1 aliphatic heterocycles. The lowest BCUT2D eigenvalue weighted by molar-refractivity contribution is 0.0724. The van der Waals surface area contributed by atoms with Gasteiger partial charge in [0.1, 0.15) is 5.82 Å². The van der Waals surface area contributed by atoms with Crippen molar-refractivity contribution in [2.75, 3.05) is 13.2 Å². The first-order valence-corrected chi connectivity index (χ1v) is 8.05. The highest BCUT2D eigenvalue weighted by Crippen LogP contribution is 2.24. The normalized spacial score (nSPS) is 17.7. The fourth-order valence-electron chi connectivity index (χ4n) is 3.24. The van der Waals surface area contributed by atoms with Crippen molar-refractivity contribution < 1.29 is 14.3 Å². The Morgan fingerprint density at radius 1 is 1.30 bits per heavy atom. The molecule has 5 heteroatoms. The zero-order valence-corrected chi connectivity index (χ0v) is 13.0. The second kappa shape index (κ2) is 6.96. The van der Waals surface area contributed by atoms with Crippen LogP contribution in [0.15, 0.2) is 42.7 Å². The van der Waals surface area contributed by atoms with E-state index in [1.165, 1.54) is 6.07 Å². The summed E-state index contributed by atoms with van der Waals surface area (Å²) in [5, 5.41) is 8.97. The molecule has 0 radical (unpaired) electrons. The molecule has 2 aromatic rings. The summed E-state index contributed by atoms with van der Waals surface area (Å²) in [6, 6.07) is 8.45. The van der Waals surface area contributed by atoms with Crippen LogP contribution in [0.4, 0.5) is 4.39 Å². The number of aliphatic hydroxyl groups is 1. The van der Waals surface area contributed by atoms with Crippen LogP contribution in [0.2, 0.25) is 0 Å². The molecule has 1 saturated heterocycles. The summed E-state index contributed by atoms with van der Waals surface area (Å²) in [6.07, 6.45) is 6.94. The van der Waals surface area contributed by atoms with Crippen LogP contribution in [0.5, 0.6) is 0 Å². The summed E-state index contributed by atoms with van der Waals surface area (Å²) in [4.78, 5) is 14.5. The smallest absolute Gasteiger partial charge is 0.254 e. The Balaban J connectivity index is 1.78. The zero-order valence-electron chi connectivity index (χ0n) is 13.0. The summed E-state index contributed by atoms with van der Waals surface area (Å²) in [7, 11) is 0. The molecule has 2 heterocycles. The molecule has 1 atom stereocenters. The largest absolute Gasteiger partial charge is 0.396 e. The number of nitrogens with zero attached hydrogens (tertiary/aromatic N) is 2. The van der Waals surface area contributed by atoms with Crippen LogP contribution >= 0.6 is 0 Å². The maximum Gasteiger partial charge on any atom is 0.254 e. The number of hydrogen-bond acceptors (Lipinski definition) is 2. The second-order valence-electron chi connectivity index (χ2n) is 5.92. The van der Waals surface area contributed by atoms with Gasteiger partial charge in [-0.2, -0.15) is 0 Å². The standard InChI is InChI=1S/C18H21FN2O2/c19-16-13-14(7-8-17(16)20-9-1-2-10-20)18(23)21-11-3-5-15(21)6-4-12-22/h1-2,7-10,13,15,22H,3-6,11-12H2. The van der Waals surface area contributed by atoms with Crippen LogP contribution in [0, 0.1) is 5.82 Å². The summed E-state index contributed by atoms with van der Waals surface area (Å²) < 4.78 is 16.0. The highest BCUT2D eigenvalue weighted by atomic mass is 19.1. The van der Waals surface area contributed by atoms with E-state index in [1.807, 2.05) is 17.0 Å². The number of hydrogen-bond donors (Lipinski definition) is 1. The van der Waals surface area contributed by atoms with Crippen molar-refractivity contribution >= 4 is 5.91 Å². The third-order valence-electron chi connectivity index (χ3n) is 4.41. The molecule has 122 valence electrons. The number of amides is 1. The van der Waals surface area contributed by atoms with Gasteiger partial charge in [-0.15, -0.1) is 0 Å². The van der Waals surface area contributed by atoms with Crippen molar-refractivity contribution in [1.82, 2.24) is 9.47 Å². The molecule has 1 amide bonds. The van der Waals surface area contributed by atoms with E-state index in [9.17, 15) is 9.18 Å². The van der Waals surface area contributed by atoms with Gasteiger partial charge in [0, 0.05) is 37.2 Å². The van der Waals surface area contributed by atoms with Crippen LogP contribution in [-0.2, 0) is 0 Å². The molecule has 0 spiro atoms. The molecule has 1 aromatic heterocycles. The number of benzene rings is 1. The van der Waals surface area contributed by atoms with Gasteiger partial charge in [-0.25, -0.2) is 4.39 Å². The molecule has 1 aromatic carbocycles. The molecule has 1 N–H and O–H groups in total. The minimum Gasteiger partial charge on any atom is -0.396 e. The van der Waals surface area contributed by atoms with Crippen molar-refractivity contribution in [3.63, 3.8) is 0 Å². The lowest BCUT2D eigenvalue weighted by Gasteiger charge is -2.25. The predicted molar refractivity (Wildman–Crippen MR) is 86.1 cm³/mol. The molecule has 0 aliphatic carbocycles. The molecule has 1 aliphatic rings. The predicted octanol–water partition coefficient (Wildman–Crippen LogP) is 2.99. The van der Waals surface area contributed by atoms with Crippen molar-refractivity contribution in [3.05, 3.63) is 54.1 Å². The second-order valence-corrected chi connectivity index (χ2v) is 5.92. The number of rotatable bonds is 5. The van der Waals surface area contributed by atoms with E-state index in [0.717, 1.165) is 19.3 Å². The molecular weight excluding hydrogens is 295 g/mol. The zero-order chi connectivity index (χ0) is 16.2. The highest BCUT2D eigenvalue weighted by molar-refractivity contribution is 5.94. The molecule has 0 saturated carbocycles. The van der Waals surface area contributed by atoms with Crippen LogP contribution in [-0.4, -0.2) is 39.7 Å². The fraction of sp³-hybridized carbons (Fsp3) is 0.389. The van der Waals surface area contributed by atoms with Crippen LogP contribution in [0.3, 0.4) is 0 Å². The topological polar surface area (TPSA) is 45.5 Å². The van der Waals surface area contributed by atoms with Crippen LogP contribution in [0.1, 0.15) is 36.0 Å². The average molecular weight is 316 g/mol. The number of carbonyl (C=O) groups is 1. The van der Waals surface area contributed by atoms with Gasteiger partial charge < -0.3 is 14.6 Å². The number of likely N-dealkylation sites (tertiary alicyclic amines) is 1. The van der Waals surface area contributed by atoms with E-state index in [0.29, 0.717) is 24.2 Å². The Labute approximate surface area is 135 Å². The van der Waals surface area contributed by atoms with Gasteiger partial charge in [0.2, 0.25) is 0 Å². The summed E-state index contributed by atoms with van der Waals surface area (Å²) in [6.45, 7) is 0.842. The SMILES string of the molecule is O=C(c1ccc(-n2cccc2)c(F)c1)N1CCCC1CCCO. The number of carbonyl (C=O) groups excluding carboxylic acids is 1. The van der Waals surface area contributed by atoms with Gasteiger partial charge in [-0.3, -0.25) is 4.79 Å². The third-order valence-corrected chi connectivity index (χ3v) is 4.41. The van der Waals surface area contributed by atoms with Gasteiger partial charge >= 0.3 is 0 Å². The summed E-state index contributed by atoms with van der Waals surface area (Å²) in [5.74, 6) is -0.526. The van der Waals surface area contributed by atoms with Gasteiger partial charge in [0.25, 0.3) is 5.91 Å². The maximum atomic E-state index is 14.3. The molecule has 0 bridgehead atoms. The fourth-order valence-corrected chi connectivity index (χ4v) is 3.24. The van der Waals surface area contributed by atoms with Gasteiger partial charge in [0.05, 0.1) is 5.69 Å². The van der Waals surface area contributed by atoms with E-state index < -0.39 is 5.82 Å². The first-order valence-electron chi connectivity index (χ1n) is 8.05. The minimum atomic E-state index is -0.404. The summed E-state index contributed by atoms with van der Waals surface area (Å²) >= 11 is 0. The molecule has 1 fully saturated rings. The monoisotopic (exact) mass is 316 g/mol. The third kappa shape index (κ3) is 3.29. The highest BCUT2D eigenvalue weighted by Gasteiger charge is 2.29. The molecule has 1 unspecified atom stereocenters. The van der Waals surface area contributed by atoms with Crippen molar-refractivity contribution in [3.8, 4) is 5.69 Å². The Morgan fingerprint density at radius 2 is 2.09 bits per heavy atom. The van der Waals surface area contributed by atoms with E-state index in [1.54, 1.807) is 29.1 Å². The van der Waals surface area contributed by atoms with E-state index in [2.05, 4.69) is 0 Å². The number of aromatic nitrogens is 1. The van der Waals surface area contributed by atoms with E-state index >= 15 is 0 Å². The van der Waals surface area contributed by atoms with E-state index in [-0.39, 0.29) is 18.6 Å². The summed E-state index contributed by atoms with van der Waals surface area (Å²) in [5.41, 5.74) is 0.819. The number of aliphatic hydroxyl groups excluding tert-OH is 1. The van der Waals surface area contributed by atoms with Crippen molar-refractivity contribution in [1.29, 1.82) is 0 Å². The molecule has 4 nitrogen and oxygen atoms in total. The average Bonchev–Trinajstić information content (AvgIpc) is 3.23. The maximum absolute atomic E-state index is 14.3. The van der Waals surface area contributed by atoms with Crippen LogP contribution in [0.25, 0.3) is 5.69 Å².